The Kier molecular flexibility index (Phi) is 5.65. The van der Waals surface area contributed by atoms with Gasteiger partial charge < -0.3 is 5.32 Å². The van der Waals surface area contributed by atoms with Crippen LogP contribution in [0.15, 0.2) is 65.6 Å². The zero-order valence-electron chi connectivity index (χ0n) is 15.7. The van der Waals surface area contributed by atoms with Gasteiger partial charge in [0.2, 0.25) is 0 Å². The molecule has 0 bridgehead atoms. The molecule has 0 aliphatic carbocycles. The van der Waals surface area contributed by atoms with Crippen molar-refractivity contribution in [3.8, 4) is 0 Å². The van der Waals surface area contributed by atoms with Crippen LogP contribution in [-0.2, 0) is 10.0 Å². The molecule has 3 aromatic carbocycles. The number of sulfonamides is 1. The maximum Gasteiger partial charge on any atom is 0.262 e. The lowest BCUT2D eigenvalue weighted by atomic mass is 10.1. The van der Waals surface area contributed by atoms with E-state index in [1.165, 1.54) is 18.2 Å². The minimum Gasteiger partial charge on any atom is -0.319 e. The Balaban J connectivity index is 1.83. The van der Waals surface area contributed by atoms with E-state index in [1.54, 1.807) is 19.1 Å². The number of rotatable bonds is 5. The Bertz CT molecular complexity index is 1190. The molecule has 0 aromatic heterocycles. The Morgan fingerprint density at radius 2 is 1.55 bits per heavy atom. The molecule has 3 aromatic rings. The van der Waals surface area contributed by atoms with Crippen molar-refractivity contribution < 1.29 is 22.0 Å². The zero-order valence-corrected chi connectivity index (χ0v) is 16.5. The third-order valence-corrected chi connectivity index (χ3v) is 5.61. The maximum absolute atomic E-state index is 14.4. The van der Waals surface area contributed by atoms with Crippen LogP contribution in [0, 0.1) is 25.5 Å². The van der Waals surface area contributed by atoms with E-state index in [1.807, 2.05) is 13.0 Å². The number of carbonyl (C=O) groups excluding carboxylic acids is 1. The van der Waals surface area contributed by atoms with Gasteiger partial charge in [0, 0.05) is 0 Å². The van der Waals surface area contributed by atoms with Gasteiger partial charge in [-0.1, -0.05) is 29.8 Å². The van der Waals surface area contributed by atoms with Gasteiger partial charge in [0.1, 0.15) is 11.6 Å². The van der Waals surface area contributed by atoms with Crippen molar-refractivity contribution in [2.24, 2.45) is 0 Å². The summed E-state index contributed by atoms with van der Waals surface area (Å²) < 4.78 is 55.7. The molecule has 0 fully saturated rings. The monoisotopic (exact) mass is 416 g/mol. The van der Waals surface area contributed by atoms with Crippen molar-refractivity contribution in [1.82, 2.24) is 0 Å². The molecule has 0 saturated carbocycles. The van der Waals surface area contributed by atoms with Crippen molar-refractivity contribution in [2.75, 3.05) is 10.0 Å². The maximum atomic E-state index is 14.4. The number of hydrogen-bond acceptors (Lipinski definition) is 3. The average molecular weight is 416 g/mol. The third-order valence-electron chi connectivity index (χ3n) is 4.24. The summed E-state index contributed by atoms with van der Waals surface area (Å²) >= 11 is 0. The molecule has 0 aliphatic rings. The zero-order chi connectivity index (χ0) is 21.2. The molecule has 150 valence electrons. The van der Waals surface area contributed by atoms with Crippen molar-refractivity contribution in [3.63, 3.8) is 0 Å². The van der Waals surface area contributed by atoms with Crippen molar-refractivity contribution in [1.29, 1.82) is 0 Å². The Hall–Kier alpha value is -3.26. The summed E-state index contributed by atoms with van der Waals surface area (Å²) in [6.07, 6.45) is 0. The van der Waals surface area contributed by atoms with Crippen molar-refractivity contribution in [2.45, 2.75) is 18.7 Å². The molecular formula is C21H18F2N2O3S. The highest BCUT2D eigenvalue weighted by molar-refractivity contribution is 7.92. The normalized spacial score (nSPS) is 11.2. The SMILES string of the molecule is Cc1ccc(NS(=O)(=O)c2ccc(NC(=O)c3ccccc3F)c(F)c2)c(C)c1. The van der Waals surface area contributed by atoms with E-state index in [4.69, 9.17) is 0 Å². The minimum atomic E-state index is -4.04. The third kappa shape index (κ3) is 4.60. The quantitative estimate of drug-likeness (QED) is 0.637. The summed E-state index contributed by atoms with van der Waals surface area (Å²) in [6, 6.07) is 13.5. The first-order chi connectivity index (χ1) is 13.7. The summed E-state index contributed by atoms with van der Waals surface area (Å²) in [5.41, 5.74) is 1.58. The van der Waals surface area contributed by atoms with Gasteiger partial charge in [-0.25, -0.2) is 17.2 Å². The first-order valence-electron chi connectivity index (χ1n) is 8.63. The highest BCUT2D eigenvalue weighted by Crippen LogP contribution is 2.24. The van der Waals surface area contributed by atoms with Crippen LogP contribution in [0.25, 0.3) is 0 Å². The predicted octanol–water partition coefficient (Wildman–Crippen LogP) is 4.63. The molecule has 2 N–H and O–H groups in total. The molecule has 8 heteroatoms. The molecular weight excluding hydrogens is 398 g/mol. The van der Waals surface area contributed by atoms with Crippen LogP contribution in [0.3, 0.4) is 0 Å². The molecule has 3 rings (SSSR count). The molecule has 0 aliphatic heterocycles. The second kappa shape index (κ2) is 8.00. The van der Waals surface area contributed by atoms with Gasteiger partial charge in [-0.3, -0.25) is 9.52 Å². The molecule has 5 nitrogen and oxygen atoms in total. The van der Waals surface area contributed by atoms with E-state index >= 15 is 0 Å². The number of carbonyl (C=O) groups is 1. The molecule has 29 heavy (non-hydrogen) atoms. The molecule has 1 amide bonds. The van der Waals surface area contributed by atoms with E-state index < -0.39 is 27.6 Å². The van der Waals surface area contributed by atoms with Crippen molar-refractivity contribution in [3.05, 3.63) is 89.0 Å². The summed E-state index contributed by atoms with van der Waals surface area (Å²) in [7, 11) is -4.04. The molecule has 0 heterocycles. The minimum absolute atomic E-state index is 0.250. The van der Waals surface area contributed by atoms with Gasteiger partial charge in [0.05, 0.1) is 21.8 Å². The lowest BCUT2D eigenvalue weighted by Gasteiger charge is -2.12. The molecule has 0 radical (unpaired) electrons. The molecule has 0 saturated heterocycles. The van der Waals surface area contributed by atoms with E-state index in [2.05, 4.69) is 10.0 Å². The lowest BCUT2D eigenvalue weighted by molar-refractivity contribution is 0.102. The molecule has 0 spiro atoms. The van der Waals surface area contributed by atoms with Crippen LogP contribution >= 0.6 is 0 Å². The van der Waals surface area contributed by atoms with Crippen LogP contribution in [0.4, 0.5) is 20.2 Å². The summed E-state index contributed by atoms with van der Waals surface area (Å²) in [6.45, 7) is 3.64. The van der Waals surface area contributed by atoms with Gasteiger partial charge in [0.25, 0.3) is 15.9 Å². The number of halogens is 2. The van der Waals surface area contributed by atoms with Gasteiger partial charge in [-0.15, -0.1) is 0 Å². The Morgan fingerprint density at radius 3 is 2.21 bits per heavy atom. The molecule has 0 atom stereocenters. The number of aryl methyl sites for hydroxylation is 2. The number of hydrogen-bond donors (Lipinski definition) is 2. The number of benzene rings is 3. The van der Waals surface area contributed by atoms with E-state index in [0.717, 1.165) is 35.4 Å². The van der Waals surface area contributed by atoms with Crippen molar-refractivity contribution >= 4 is 27.3 Å². The van der Waals surface area contributed by atoms with Gasteiger partial charge in [0.15, 0.2) is 0 Å². The number of anilines is 2. The standard InChI is InChI=1S/C21H18F2N2O3S/c1-13-7-9-19(14(2)11-13)25-29(27,28)15-8-10-20(18(23)12-15)24-21(26)16-5-3-4-6-17(16)22/h3-12,25H,1-2H3,(H,24,26). The van der Waals surface area contributed by atoms with Gasteiger partial charge >= 0.3 is 0 Å². The Morgan fingerprint density at radius 1 is 0.862 bits per heavy atom. The summed E-state index contributed by atoms with van der Waals surface area (Å²) in [5, 5.41) is 2.24. The van der Waals surface area contributed by atoms with Crippen LogP contribution < -0.4 is 10.0 Å². The summed E-state index contributed by atoms with van der Waals surface area (Å²) in [5.74, 6) is -2.55. The number of nitrogens with one attached hydrogen (secondary N) is 2. The smallest absolute Gasteiger partial charge is 0.262 e. The average Bonchev–Trinajstić information content (AvgIpc) is 2.66. The second-order valence-electron chi connectivity index (χ2n) is 6.50. The van der Waals surface area contributed by atoms with E-state index in [-0.39, 0.29) is 16.1 Å². The number of amides is 1. The van der Waals surface area contributed by atoms with E-state index in [9.17, 15) is 22.0 Å². The predicted molar refractivity (Wildman–Crippen MR) is 107 cm³/mol. The second-order valence-corrected chi connectivity index (χ2v) is 8.18. The Labute approximate surface area is 167 Å². The van der Waals surface area contributed by atoms with Gasteiger partial charge in [-0.2, -0.15) is 0 Å². The lowest BCUT2D eigenvalue weighted by Crippen LogP contribution is -2.16. The van der Waals surface area contributed by atoms with Crippen LogP contribution in [-0.4, -0.2) is 14.3 Å². The largest absolute Gasteiger partial charge is 0.319 e. The highest BCUT2D eigenvalue weighted by atomic mass is 32.2. The first-order valence-corrected chi connectivity index (χ1v) is 10.1. The van der Waals surface area contributed by atoms with Crippen LogP contribution in [0.1, 0.15) is 21.5 Å². The fourth-order valence-corrected chi connectivity index (χ4v) is 3.87. The molecule has 0 unspecified atom stereocenters. The van der Waals surface area contributed by atoms with Crippen LogP contribution in [0.2, 0.25) is 0 Å². The van der Waals surface area contributed by atoms with Gasteiger partial charge in [-0.05, 0) is 55.8 Å². The summed E-state index contributed by atoms with van der Waals surface area (Å²) in [4.78, 5) is 11.8. The first kappa shape index (κ1) is 20.5. The topological polar surface area (TPSA) is 75.3 Å². The highest BCUT2D eigenvalue weighted by Gasteiger charge is 2.19. The van der Waals surface area contributed by atoms with E-state index in [0.29, 0.717) is 5.69 Å². The fourth-order valence-electron chi connectivity index (χ4n) is 2.73. The fraction of sp³-hybridized carbons (Fsp3) is 0.0952. The van der Waals surface area contributed by atoms with Crippen LogP contribution in [0.5, 0.6) is 0 Å².